The number of hydrogen-bond donors (Lipinski definition) is 1. The van der Waals surface area contributed by atoms with Crippen molar-refractivity contribution in [3.63, 3.8) is 0 Å². The van der Waals surface area contributed by atoms with Crippen LogP contribution in [0.3, 0.4) is 0 Å². The molecule has 0 amide bonds. The maximum Gasteiger partial charge on any atom is 0.136 e. The molecule has 0 bridgehead atoms. The number of nitrogens with two attached hydrogens (primary N) is 1. The third-order valence-corrected chi connectivity index (χ3v) is 4.52. The summed E-state index contributed by atoms with van der Waals surface area (Å²) in [5.74, 6) is -0.0690. The van der Waals surface area contributed by atoms with Crippen LogP contribution in [0.1, 0.15) is 31.2 Å². The summed E-state index contributed by atoms with van der Waals surface area (Å²) in [6, 6.07) is 5.81. The van der Waals surface area contributed by atoms with Gasteiger partial charge in [-0.1, -0.05) is 18.9 Å². The zero-order chi connectivity index (χ0) is 12.8. The molecule has 2 N–H and O–H groups in total. The number of benzene rings is 1. The van der Waals surface area contributed by atoms with E-state index in [-0.39, 0.29) is 11.2 Å². The van der Waals surface area contributed by atoms with Crippen molar-refractivity contribution in [3.8, 4) is 0 Å². The van der Waals surface area contributed by atoms with Crippen LogP contribution in [-0.4, -0.2) is 11.1 Å². The summed E-state index contributed by atoms with van der Waals surface area (Å²) in [5.41, 5.74) is 7.58. The fraction of sp³-hybridized carbons (Fsp3) is 0.467. The second kappa shape index (κ2) is 4.09. The second-order valence-electron chi connectivity index (χ2n) is 5.48. The lowest BCUT2D eigenvalue weighted by Crippen LogP contribution is -2.33. The third-order valence-electron chi connectivity index (χ3n) is 4.52. The van der Waals surface area contributed by atoms with Crippen molar-refractivity contribution < 1.29 is 4.39 Å². The Balaban J connectivity index is 2.20. The topological polar surface area (TPSA) is 30.9 Å². The van der Waals surface area contributed by atoms with Crippen LogP contribution in [0.5, 0.6) is 0 Å². The molecule has 0 saturated heterocycles. The van der Waals surface area contributed by atoms with Gasteiger partial charge >= 0.3 is 0 Å². The number of nitrogens with zero attached hydrogens (tertiary/aromatic N) is 1. The molecule has 0 unspecified atom stereocenters. The van der Waals surface area contributed by atoms with E-state index in [4.69, 9.17) is 5.73 Å². The van der Waals surface area contributed by atoms with Crippen molar-refractivity contribution in [1.82, 2.24) is 4.57 Å². The van der Waals surface area contributed by atoms with Crippen LogP contribution in [0.25, 0.3) is 10.9 Å². The summed E-state index contributed by atoms with van der Waals surface area (Å²) >= 11 is 0. The van der Waals surface area contributed by atoms with Crippen molar-refractivity contribution in [2.45, 2.75) is 31.1 Å². The van der Waals surface area contributed by atoms with E-state index in [1.165, 1.54) is 0 Å². The lowest BCUT2D eigenvalue weighted by Gasteiger charge is -2.28. The first-order valence-corrected chi connectivity index (χ1v) is 6.62. The van der Waals surface area contributed by atoms with Gasteiger partial charge in [-0.25, -0.2) is 4.39 Å². The molecule has 3 rings (SSSR count). The highest BCUT2D eigenvalue weighted by Gasteiger charge is 2.36. The van der Waals surface area contributed by atoms with Crippen LogP contribution in [0.15, 0.2) is 24.4 Å². The van der Waals surface area contributed by atoms with Gasteiger partial charge in [0.2, 0.25) is 0 Å². The van der Waals surface area contributed by atoms with E-state index in [9.17, 15) is 4.39 Å². The summed E-state index contributed by atoms with van der Waals surface area (Å²) in [6.45, 7) is 0.544. The van der Waals surface area contributed by atoms with Crippen molar-refractivity contribution in [2.24, 2.45) is 12.8 Å². The van der Waals surface area contributed by atoms with Gasteiger partial charge in [-0.05, 0) is 30.5 Å². The van der Waals surface area contributed by atoms with Gasteiger partial charge in [-0.3, -0.25) is 0 Å². The van der Waals surface area contributed by atoms with Gasteiger partial charge < -0.3 is 10.3 Å². The van der Waals surface area contributed by atoms with Crippen LogP contribution < -0.4 is 5.73 Å². The molecular weight excluding hydrogens is 227 g/mol. The SMILES string of the molecule is Cn1ccc2c(F)c(C3(CN)CCCC3)ccc21. The molecule has 0 spiro atoms. The molecule has 1 aliphatic rings. The van der Waals surface area contributed by atoms with Crippen LogP contribution in [0.2, 0.25) is 0 Å². The number of rotatable bonds is 2. The first kappa shape index (κ1) is 11.7. The zero-order valence-corrected chi connectivity index (χ0v) is 10.7. The minimum atomic E-state index is -0.131. The molecule has 2 aromatic rings. The lowest BCUT2D eigenvalue weighted by molar-refractivity contribution is 0.429. The maximum absolute atomic E-state index is 14.7. The average Bonchev–Trinajstić information content (AvgIpc) is 2.99. The van der Waals surface area contributed by atoms with E-state index in [0.29, 0.717) is 6.54 Å². The van der Waals surface area contributed by atoms with E-state index in [0.717, 1.165) is 42.1 Å². The molecule has 96 valence electrons. The third kappa shape index (κ3) is 1.50. The maximum atomic E-state index is 14.7. The summed E-state index contributed by atoms with van der Waals surface area (Å²) in [7, 11) is 1.94. The van der Waals surface area contributed by atoms with Crippen molar-refractivity contribution in [1.29, 1.82) is 0 Å². The lowest BCUT2D eigenvalue weighted by atomic mass is 9.78. The molecule has 1 aromatic carbocycles. The summed E-state index contributed by atoms with van der Waals surface area (Å²) in [4.78, 5) is 0. The summed E-state index contributed by atoms with van der Waals surface area (Å²) < 4.78 is 16.6. The molecule has 0 aliphatic heterocycles. The second-order valence-corrected chi connectivity index (χ2v) is 5.48. The van der Waals surface area contributed by atoms with E-state index in [2.05, 4.69) is 0 Å². The van der Waals surface area contributed by atoms with Gasteiger partial charge in [0.1, 0.15) is 5.82 Å². The van der Waals surface area contributed by atoms with Gasteiger partial charge in [0.05, 0.1) is 5.52 Å². The van der Waals surface area contributed by atoms with E-state index in [1.54, 1.807) is 0 Å². The van der Waals surface area contributed by atoms with Crippen LogP contribution in [-0.2, 0) is 12.5 Å². The highest BCUT2D eigenvalue weighted by molar-refractivity contribution is 5.82. The Hall–Kier alpha value is -1.35. The first-order chi connectivity index (χ1) is 8.68. The molecule has 1 aliphatic carbocycles. The Kier molecular flexibility index (Phi) is 2.67. The molecule has 0 radical (unpaired) electrons. The molecule has 1 saturated carbocycles. The fourth-order valence-corrected chi connectivity index (χ4v) is 3.36. The number of fused-ring (bicyclic) bond motifs is 1. The summed E-state index contributed by atoms with van der Waals surface area (Å²) in [6.07, 6.45) is 6.24. The van der Waals surface area contributed by atoms with Crippen molar-refractivity contribution >= 4 is 10.9 Å². The van der Waals surface area contributed by atoms with Gasteiger partial charge in [0.15, 0.2) is 0 Å². The van der Waals surface area contributed by atoms with E-state index < -0.39 is 0 Å². The number of aromatic nitrogens is 1. The van der Waals surface area contributed by atoms with Crippen LogP contribution >= 0.6 is 0 Å². The Morgan fingerprint density at radius 1 is 1.28 bits per heavy atom. The highest BCUT2D eigenvalue weighted by Crippen LogP contribution is 2.42. The van der Waals surface area contributed by atoms with Gasteiger partial charge in [0, 0.05) is 30.6 Å². The largest absolute Gasteiger partial charge is 0.350 e. The zero-order valence-electron chi connectivity index (χ0n) is 10.7. The molecule has 1 aromatic heterocycles. The molecule has 18 heavy (non-hydrogen) atoms. The van der Waals surface area contributed by atoms with Gasteiger partial charge in [0.25, 0.3) is 0 Å². The monoisotopic (exact) mass is 246 g/mol. The van der Waals surface area contributed by atoms with Crippen LogP contribution in [0, 0.1) is 5.82 Å². The standard InChI is InChI=1S/C15H19FN2/c1-18-9-6-11-13(18)5-4-12(14(11)16)15(10-17)7-2-3-8-15/h4-6,9H,2-3,7-8,10,17H2,1H3. The Morgan fingerprint density at radius 3 is 2.67 bits per heavy atom. The number of hydrogen-bond acceptors (Lipinski definition) is 1. The Labute approximate surface area is 107 Å². The van der Waals surface area contributed by atoms with E-state index in [1.807, 2.05) is 36.0 Å². The molecule has 1 fully saturated rings. The van der Waals surface area contributed by atoms with E-state index >= 15 is 0 Å². The van der Waals surface area contributed by atoms with Crippen molar-refractivity contribution in [2.75, 3.05) is 6.54 Å². The fourth-order valence-electron chi connectivity index (χ4n) is 3.36. The highest BCUT2D eigenvalue weighted by atomic mass is 19.1. The van der Waals surface area contributed by atoms with Gasteiger partial charge in [-0.2, -0.15) is 0 Å². The first-order valence-electron chi connectivity index (χ1n) is 6.62. The average molecular weight is 246 g/mol. The summed E-state index contributed by atoms with van der Waals surface area (Å²) in [5, 5.41) is 0.717. The smallest absolute Gasteiger partial charge is 0.136 e. The molecule has 0 atom stereocenters. The normalized spacial score (nSPS) is 18.6. The molecule has 2 nitrogen and oxygen atoms in total. The number of halogens is 1. The molecule has 1 heterocycles. The predicted molar refractivity (Wildman–Crippen MR) is 72.1 cm³/mol. The minimum absolute atomic E-state index is 0.0690. The number of aryl methyl sites for hydroxylation is 1. The van der Waals surface area contributed by atoms with Gasteiger partial charge in [-0.15, -0.1) is 0 Å². The van der Waals surface area contributed by atoms with Crippen LogP contribution in [0.4, 0.5) is 4.39 Å². The Bertz CT molecular complexity index is 579. The minimum Gasteiger partial charge on any atom is -0.350 e. The quantitative estimate of drug-likeness (QED) is 0.867. The van der Waals surface area contributed by atoms with Crippen molar-refractivity contribution in [3.05, 3.63) is 35.8 Å². The molecular formula is C15H19FN2. The predicted octanol–water partition coefficient (Wildman–Crippen LogP) is 3.09. The Morgan fingerprint density at radius 2 is 2.00 bits per heavy atom. The molecule has 3 heteroatoms.